The summed E-state index contributed by atoms with van der Waals surface area (Å²) in [7, 11) is 1.63. The molecule has 2 aliphatic rings. The van der Waals surface area contributed by atoms with Gasteiger partial charge in [-0.1, -0.05) is 12.8 Å². The first kappa shape index (κ1) is 23.3. The number of fused-ring (bicyclic) bond motifs is 1. The van der Waals surface area contributed by atoms with Crippen LogP contribution in [0.25, 0.3) is 0 Å². The molecule has 0 aliphatic carbocycles. The lowest BCUT2D eigenvalue weighted by Crippen LogP contribution is -2.38. The molecule has 2 fully saturated rings. The van der Waals surface area contributed by atoms with E-state index < -0.39 is 5.97 Å². The molecule has 0 saturated carbocycles. The van der Waals surface area contributed by atoms with Crippen LogP contribution < -0.4 is 16.0 Å². The molecule has 0 bridgehead atoms. The Bertz CT molecular complexity index is 603. The van der Waals surface area contributed by atoms with Crippen LogP contribution in [0.15, 0.2) is 0 Å². The van der Waals surface area contributed by atoms with Crippen LogP contribution in [0.2, 0.25) is 0 Å². The summed E-state index contributed by atoms with van der Waals surface area (Å²) in [6.07, 6.45) is 5.30. The summed E-state index contributed by atoms with van der Waals surface area (Å²) in [4.78, 5) is 47.3. The second kappa shape index (κ2) is 11.9. The zero-order valence-electron chi connectivity index (χ0n) is 16.9. The third-order valence-electron chi connectivity index (χ3n) is 5.26. The van der Waals surface area contributed by atoms with E-state index in [-0.39, 0.29) is 42.9 Å². The lowest BCUT2D eigenvalue weighted by Gasteiger charge is -2.18. The Hall–Kier alpha value is -1.97. The SMILES string of the molecule is CN(CC(=O)NCCCCCC(=O)O)C(=O)CCCC[C@@H]1SC[C@@H]2NC(=O)N[C@@H]21. The molecule has 2 saturated heterocycles. The summed E-state index contributed by atoms with van der Waals surface area (Å²) in [5, 5.41) is 17.6. The number of hydrogen-bond donors (Lipinski definition) is 4. The number of aliphatic carboxylic acids is 1. The number of nitrogens with zero attached hydrogens (tertiary/aromatic N) is 1. The first-order chi connectivity index (χ1) is 13.9. The van der Waals surface area contributed by atoms with Gasteiger partial charge in [-0.25, -0.2) is 4.79 Å². The molecule has 0 spiro atoms. The number of hydrogen-bond acceptors (Lipinski definition) is 5. The number of unbranched alkanes of at least 4 members (excludes halogenated alkanes) is 3. The van der Waals surface area contributed by atoms with Gasteiger partial charge < -0.3 is 26.0 Å². The first-order valence-electron chi connectivity index (χ1n) is 10.3. The second-order valence-electron chi connectivity index (χ2n) is 7.67. The number of nitrogens with one attached hydrogen (secondary N) is 3. The van der Waals surface area contributed by atoms with Crippen LogP contribution in [0.5, 0.6) is 0 Å². The summed E-state index contributed by atoms with van der Waals surface area (Å²) in [5.41, 5.74) is 0. The molecule has 0 unspecified atom stereocenters. The molecule has 4 amide bonds. The highest BCUT2D eigenvalue weighted by Crippen LogP contribution is 2.33. The number of carbonyl (C=O) groups excluding carboxylic acids is 3. The molecule has 0 radical (unpaired) electrons. The van der Waals surface area contributed by atoms with E-state index in [9.17, 15) is 19.2 Å². The molecular formula is C19H32N4O5S. The zero-order chi connectivity index (χ0) is 21.2. The summed E-state index contributed by atoms with van der Waals surface area (Å²) in [6, 6.07) is 0.334. The quantitative estimate of drug-likeness (QED) is 0.255. The fourth-order valence-corrected chi connectivity index (χ4v) is 5.16. The normalized spacial score (nSPS) is 22.5. The van der Waals surface area contributed by atoms with Crippen molar-refractivity contribution in [1.29, 1.82) is 0 Å². The molecule has 0 aromatic rings. The highest BCUT2D eigenvalue weighted by atomic mass is 32.2. The average Bonchev–Trinajstić information content (AvgIpc) is 3.20. The van der Waals surface area contributed by atoms with E-state index in [0.717, 1.165) is 37.9 Å². The second-order valence-corrected chi connectivity index (χ2v) is 8.94. The highest BCUT2D eigenvalue weighted by molar-refractivity contribution is 8.00. The lowest BCUT2D eigenvalue weighted by atomic mass is 10.0. The van der Waals surface area contributed by atoms with Crippen molar-refractivity contribution in [2.45, 2.75) is 68.7 Å². The van der Waals surface area contributed by atoms with E-state index in [0.29, 0.717) is 24.6 Å². The Morgan fingerprint density at radius 2 is 1.90 bits per heavy atom. The smallest absolute Gasteiger partial charge is 0.315 e. The first-order valence-corrected chi connectivity index (χ1v) is 11.3. The van der Waals surface area contributed by atoms with Gasteiger partial charge in [-0.05, 0) is 25.7 Å². The molecule has 0 aromatic heterocycles. The molecule has 0 aromatic carbocycles. The summed E-state index contributed by atoms with van der Waals surface area (Å²) >= 11 is 1.87. The molecule has 3 atom stereocenters. The third kappa shape index (κ3) is 8.12. The Morgan fingerprint density at radius 1 is 1.14 bits per heavy atom. The van der Waals surface area contributed by atoms with Crippen LogP contribution in [0.1, 0.15) is 51.4 Å². The number of amides is 4. The van der Waals surface area contributed by atoms with Gasteiger partial charge in [0.05, 0.1) is 18.6 Å². The molecule has 4 N–H and O–H groups in total. The molecular weight excluding hydrogens is 396 g/mol. The fourth-order valence-electron chi connectivity index (χ4n) is 3.62. The standard InChI is InChI=1S/C19H32N4O5S/c1-23(11-15(24)20-10-6-2-3-9-17(26)27)16(25)8-5-4-7-14-18-13(12-29-14)21-19(28)22-18/h13-14,18H,2-12H2,1H3,(H,20,24)(H,26,27)(H2,21,22,28)/t13-,14-,18-/m0/s1. The van der Waals surface area contributed by atoms with Crippen molar-refractivity contribution < 1.29 is 24.3 Å². The van der Waals surface area contributed by atoms with Gasteiger partial charge in [-0.3, -0.25) is 14.4 Å². The number of rotatable bonds is 13. The van der Waals surface area contributed by atoms with Gasteiger partial charge in [0.1, 0.15) is 0 Å². The van der Waals surface area contributed by atoms with Crippen LogP contribution in [-0.2, 0) is 14.4 Å². The third-order valence-corrected chi connectivity index (χ3v) is 6.77. The number of carboxylic acid groups (broad SMARTS) is 1. The zero-order valence-corrected chi connectivity index (χ0v) is 17.8. The van der Waals surface area contributed by atoms with Crippen LogP contribution in [0, 0.1) is 0 Å². The maximum Gasteiger partial charge on any atom is 0.315 e. The van der Waals surface area contributed by atoms with E-state index >= 15 is 0 Å². The van der Waals surface area contributed by atoms with Crippen LogP contribution in [-0.4, -0.2) is 77.0 Å². The van der Waals surface area contributed by atoms with Crippen molar-refractivity contribution in [3.63, 3.8) is 0 Å². The van der Waals surface area contributed by atoms with Gasteiger partial charge in [0.15, 0.2) is 0 Å². The summed E-state index contributed by atoms with van der Waals surface area (Å²) in [5.74, 6) is -0.112. The number of carboxylic acids is 1. The number of urea groups is 1. The number of likely N-dealkylation sites (N-methyl/N-ethyl adjacent to an activating group) is 1. The van der Waals surface area contributed by atoms with E-state index in [1.54, 1.807) is 7.05 Å². The van der Waals surface area contributed by atoms with Gasteiger partial charge >= 0.3 is 12.0 Å². The van der Waals surface area contributed by atoms with Gasteiger partial charge in [-0.15, -0.1) is 0 Å². The largest absolute Gasteiger partial charge is 0.481 e. The lowest BCUT2D eigenvalue weighted by molar-refractivity contribution is -0.137. The summed E-state index contributed by atoms with van der Waals surface area (Å²) < 4.78 is 0. The van der Waals surface area contributed by atoms with Gasteiger partial charge in [0.2, 0.25) is 11.8 Å². The Morgan fingerprint density at radius 3 is 2.66 bits per heavy atom. The van der Waals surface area contributed by atoms with Crippen molar-refractivity contribution in [2.24, 2.45) is 0 Å². The van der Waals surface area contributed by atoms with Crippen LogP contribution in [0.3, 0.4) is 0 Å². The predicted octanol–water partition coefficient (Wildman–Crippen LogP) is 0.932. The van der Waals surface area contributed by atoms with Crippen molar-refractivity contribution in [3.05, 3.63) is 0 Å². The Kier molecular flexibility index (Phi) is 9.56. The van der Waals surface area contributed by atoms with E-state index in [2.05, 4.69) is 16.0 Å². The minimum Gasteiger partial charge on any atom is -0.481 e. The average molecular weight is 429 g/mol. The molecule has 2 heterocycles. The number of carbonyl (C=O) groups is 4. The van der Waals surface area contributed by atoms with Crippen molar-refractivity contribution >= 4 is 35.6 Å². The maximum atomic E-state index is 12.2. The van der Waals surface area contributed by atoms with Gasteiger partial charge in [0, 0.05) is 37.4 Å². The Balaban J connectivity index is 1.50. The highest BCUT2D eigenvalue weighted by Gasteiger charge is 2.42. The van der Waals surface area contributed by atoms with Gasteiger partial charge in [-0.2, -0.15) is 11.8 Å². The van der Waals surface area contributed by atoms with Crippen molar-refractivity contribution in [3.8, 4) is 0 Å². The molecule has 10 heteroatoms. The fraction of sp³-hybridized carbons (Fsp3) is 0.789. The minimum atomic E-state index is -0.803. The number of thioether (sulfide) groups is 1. The molecule has 2 aliphatic heterocycles. The summed E-state index contributed by atoms with van der Waals surface area (Å²) in [6.45, 7) is 0.529. The molecule has 164 valence electrons. The molecule has 29 heavy (non-hydrogen) atoms. The van der Waals surface area contributed by atoms with E-state index in [1.807, 2.05) is 11.8 Å². The van der Waals surface area contributed by atoms with E-state index in [4.69, 9.17) is 5.11 Å². The van der Waals surface area contributed by atoms with Crippen molar-refractivity contribution in [1.82, 2.24) is 20.9 Å². The maximum absolute atomic E-state index is 12.2. The van der Waals surface area contributed by atoms with Crippen LogP contribution >= 0.6 is 11.8 Å². The van der Waals surface area contributed by atoms with Gasteiger partial charge in [0.25, 0.3) is 0 Å². The topological polar surface area (TPSA) is 128 Å². The van der Waals surface area contributed by atoms with E-state index in [1.165, 1.54) is 4.90 Å². The van der Waals surface area contributed by atoms with Crippen molar-refractivity contribution in [2.75, 3.05) is 25.9 Å². The Labute approximate surface area is 175 Å². The predicted molar refractivity (Wildman–Crippen MR) is 111 cm³/mol. The van der Waals surface area contributed by atoms with Crippen LogP contribution in [0.4, 0.5) is 4.79 Å². The monoisotopic (exact) mass is 428 g/mol. The minimum absolute atomic E-state index is 0.0356. The molecule has 9 nitrogen and oxygen atoms in total. The molecule has 2 rings (SSSR count).